The van der Waals surface area contributed by atoms with E-state index in [1.807, 2.05) is 13.8 Å². The molecule has 0 radical (unpaired) electrons. The van der Waals surface area contributed by atoms with E-state index in [1.54, 1.807) is 0 Å². The van der Waals surface area contributed by atoms with Crippen LogP contribution in [0.4, 0.5) is 0 Å². The number of ether oxygens (including phenoxy) is 2. The Hall–Kier alpha value is 0.195. The largest absolute Gasteiger partial charge is 0.476 e. The van der Waals surface area contributed by atoms with E-state index in [4.69, 9.17) is 30.4 Å². The number of hydrogen-bond donors (Lipinski definition) is 0. The molecule has 0 N–H and O–H groups in total. The van der Waals surface area contributed by atoms with E-state index in [2.05, 4.69) is 0 Å². The van der Waals surface area contributed by atoms with E-state index < -0.39 is 0 Å². The topological polar surface area (TPSA) is 36.9 Å². The fraction of sp³-hybridized carbons (Fsp3) is 1.00. The normalized spacial score (nSPS) is 33.6. The summed E-state index contributed by atoms with van der Waals surface area (Å²) in [4.78, 5) is 0. The monoisotopic (exact) mass is 248 g/mol. The van der Waals surface area contributed by atoms with Crippen LogP contribution in [0, 0.1) is 0 Å². The highest BCUT2D eigenvalue weighted by Gasteiger charge is 2.40. The fourth-order valence-electron chi connectivity index (χ4n) is 1.85. The van der Waals surface area contributed by atoms with Crippen molar-refractivity contribution in [3.63, 3.8) is 0 Å². The average molecular weight is 249 g/mol. The second-order valence-electron chi connectivity index (χ2n) is 4.32. The summed E-state index contributed by atoms with van der Waals surface area (Å²) in [6.45, 7) is 5.36. The Morgan fingerprint density at radius 2 is 1.75 bits per heavy atom. The second kappa shape index (κ2) is 5.69. The quantitative estimate of drug-likeness (QED) is 0.559. The van der Waals surface area contributed by atoms with Gasteiger partial charge in [-0.05, 0) is 26.7 Å². The van der Waals surface area contributed by atoms with Crippen LogP contribution in [0.3, 0.4) is 0 Å². The van der Waals surface area contributed by atoms with Crippen molar-refractivity contribution in [3.05, 3.63) is 0 Å². The predicted molar refractivity (Wildman–Crippen MR) is 61.4 cm³/mol. The zero-order valence-corrected chi connectivity index (χ0v) is 10.5. The van der Waals surface area contributed by atoms with Crippen LogP contribution in [0.2, 0.25) is 0 Å². The summed E-state index contributed by atoms with van der Waals surface area (Å²) < 4.78 is 21.9. The second-order valence-corrected chi connectivity index (χ2v) is 4.88. The summed E-state index contributed by atoms with van der Waals surface area (Å²) in [5.41, 5.74) is 0. The van der Waals surface area contributed by atoms with Crippen LogP contribution < -0.4 is 0 Å². The van der Waals surface area contributed by atoms with Crippen LogP contribution in [0.1, 0.15) is 26.7 Å². The predicted octanol–water partition coefficient (Wildman–Crippen LogP) is 1.60. The van der Waals surface area contributed by atoms with Gasteiger partial charge >= 0.3 is 7.12 Å². The van der Waals surface area contributed by atoms with Crippen molar-refractivity contribution in [2.75, 3.05) is 13.2 Å². The minimum Gasteiger partial charge on any atom is -0.405 e. The Morgan fingerprint density at radius 3 is 2.31 bits per heavy atom. The molecule has 0 aromatic rings. The van der Waals surface area contributed by atoms with E-state index >= 15 is 0 Å². The molecule has 2 saturated heterocycles. The molecule has 0 aromatic carbocycles. The maximum Gasteiger partial charge on any atom is 0.476 e. The molecule has 2 heterocycles. The lowest BCUT2D eigenvalue weighted by Crippen LogP contribution is -2.30. The van der Waals surface area contributed by atoms with Gasteiger partial charge in [0.15, 0.2) is 6.29 Å². The Bertz CT molecular complexity index is 215. The van der Waals surface area contributed by atoms with Crippen molar-refractivity contribution in [2.45, 2.75) is 50.5 Å². The highest BCUT2D eigenvalue weighted by atomic mass is 35.5. The summed E-state index contributed by atoms with van der Waals surface area (Å²) in [5.74, 6) is 0. The molecule has 0 unspecified atom stereocenters. The molecule has 2 rings (SSSR count). The zero-order valence-electron chi connectivity index (χ0n) is 9.73. The van der Waals surface area contributed by atoms with Crippen LogP contribution in [-0.4, -0.2) is 44.1 Å². The van der Waals surface area contributed by atoms with Gasteiger partial charge in [0.05, 0.1) is 30.7 Å². The van der Waals surface area contributed by atoms with E-state index in [1.165, 1.54) is 0 Å². The molecule has 0 aromatic heterocycles. The Balaban J connectivity index is 1.69. The Labute approximate surface area is 102 Å². The minimum absolute atomic E-state index is 0.0995. The zero-order chi connectivity index (χ0) is 11.5. The number of hydrogen-bond acceptors (Lipinski definition) is 4. The van der Waals surface area contributed by atoms with Crippen molar-refractivity contribution in [1.29, 1.82) is 0 Å². The molecule has 0 spiro atoms. The van der Waals surface area contributed by atoms with Crippen molar-refractivity contribution in [3.8, 4) is 0 Å². The van der Waals surface area contributed by atoms with Gasteiger partial charge in [0.25, 0.3) is 0 Å². The molecule has 2 aliphatic rings. The molecule has 2 aliphatic heterocycles. The average Bonchev–Trinajstić information content (AvgIpc) is 2.86. The third-order valence-corrected chi connectivity index (χ3v) is 3.45. The maximum absolute atomic E-state index is 6.24. The van der Waals surface area contributed by atoms with Crippen LogP contribution in [0.25, 0.3) is 0 Å². The van der Waals surface area contributed by atoms with Gasteiger partial charge in [0, 0.05) is 0 Å². The smallest absolute Gasteiger partial charge is 0.405 e. The Kier molecular flexibility index (Phi) is 4.50. The first-order chi connectivity index (χ1) is 7.66. The molecule has 6 heteroatoms. The first-order valence-corrected chi connectivity index (χ1v) is 6.28. The van der Waals surface area contributed by atoms with E-state index in [-0.39, 0.29) is 30.9 Å². The highest BCUT2D eigenvalue weighted by Crippen LogP contribution is 2.24. The highest BCUT2D eigenvalue weighted by molar-refractivity contribution is 6.59. The first-order valence-electron chi connectivity index (χ1n) is 5.85. The summed E-state index contributed by atoms with van der Waals surface area (Å²) in [7, 11) is -0.298. The van der Waals surface area contributed by atoms with Crippen LogP contribution >= 0.6 is 11.6 Å². The standard InChI is InChI=1S/C10H18BClO4/c1-7-8(2)16-11(15-7)9(12)3-4-10-13-5-6-14-10/h7-10H,3-6H2,1-2H3/t7-,8-,9-/m1/s1. The van der Waals surface area contributed by atoms with Gasteiger partial charge < -0.3 is 18.8 Å². The lowest BCUT2D eigenvalue weighted by molar-refractivity contribution is -0.0473. The van der Waals surface area contributed by atoms with Gasteiger partial charge in [-0.15, -0.1) is 11.6 Å². The molecule has 92 valence electrons. The van der Waals surface area contributed by atoms with Crippen LogP contribution in [0.15, 0.2) is 0 Å². The van der Waals surface area contributed by atoms with Crippen LogP contribution in [0.5, 0.6) is 0 Å². The van der Waals surface area contributed by atoms with Crippen molar-refractivity contribution in [1.82, 2.24) is 0 Å². The molecule has 0 aliphatic carbocycles. The number of alkyl halides is 1. The molecule has 0 amide bonds. The third kappa shape index (κ3) is 3.11. The van der Waals surface area contributed by atoms with Gasteiger partial charge in [-0.3, -0.25) is 0 Å². The van der Waals surface area contributed by atoms with E-state index in [0.29, 0.717) is 13.2 Å². The lowest BCUT2D eigenvalue weighted by atomic mass is 9.82. The van der Waals surface area contributed by atoms with Gasteiger partial charge in [-0.25, -0.2) is 0 Å². The van der Waals surface area contributed by atoms with Crippen molar-refractivity contribution in [2.24, 2.45) is 0 Å². The van der Waals surface area contributed by atoms with E-state index in [0.717, 1.165) is 12.8 Å². The molecule has 2 fully saturated rings. The summed E-state index contributed by atoms with van der Waals surface area (Å²) >= 11 is 6.24. The van der Waals surface area contributed by atoms with Gasteiger partial charge in [0.2, 0.25) is 0 Å². The maximum atomic E-state index is 6.24. The summed E-state index contributed by atoms with van der Waals surface area (Å²) in [6.07, 6.45) is 1.70. The third-order valence-electron chi connectivity index (χ3n) is 3.02. The van der Waals surface area contributed by atoms with Gasteiger partial charge in [0.1, 0.15) is 0 Å². The lowest BCUT2D eigenvalue weighted by Gasteiger charge is -2.14. The molecule has 0 bridgehead atoms. The van der Waals surface area contributed by atoms with E-state index in [9.17, 15) is 0 Å². The van der Waals surface area contributed by atoms with Crippen molar-refractivity contribution < 1.29 is 18.8 Å². The SMILES string of the molecule is C[C@H]1OB([C@H](Cl)CCC2OCCO2)O[C@@H]1C. The molecule has 3 atom stereocenters. The molecule has 0 saturated carbocycles. The minimum atomic E-state index is -0.298. The molecular formula is C10H18BClO4. The summed E-state index contributed by atoms with van der Waals surface area (Å²) in [6, 6.07) is 0. The number of rotatable bonds is 4. The molecule has 16 heavy (non-hydrogen) atoms. The van der Waals surface area contributed by atoms with Gasteiger partial charge in [-0.1, -0.05) is 0 Å². The molecular weight excluding hydrogens is 230 g/mol. The first kappa shape index (κ1) is 12.6. The number of halogens is 1. The van der Waals surface area contributed by atoms with Crippen LogP contribution in [-0.2, 0) is 18.8 Å². The fourth-order valence-corrected chi connectivity index (χ4v) is 2.10. The molecule has 4 nitrogen and oxygen atoms in total. The Morgan fingerprint density at radius 1 is 1.19 bits per heavy atom. The van der Waals surface area contributed by atoms with Crippen molar-refractivity contribution >= 4 is 18.7 Å². The summed E-state index contributed by atoms with van der Waals surface area (Å²) in [5, 5.41) is -0.139. The van der Waals surface area contributed by atoms with Gasteiger partial charge in [-0.2, -0.15) is 0 Å².